The number of benzene rings is 1. The van der Waals surface area contributed by atoms with E-state index >= 15 is 0 Å². The number of rotatable bonds is 8. The van der Waals surface area contributed by atoms with Crippen LogP contribution in [-0.4, -0.2) is 40.0 Å². The number of likely N-dealkylation sites (N-methyl/N-ethyl adjacent to an activating group) is 1. The molecule has 1 aromatic carbocycles. The number of nitrogens with one attached hydrogen (secondary N) is 2. The lowest BCUT2D eigenvalue weighted by molar-refractivity contribution is 0.220. The van der Waals surface area contributed by atoms with Crippen molar-refractivity contribution in [2.24, 2.45) is 0 Å². The van der Waals surface area contributed by atoms with Crippen molar-refractivity contribution in [1.82, 2.24) is 14.3 Å². The Morgan fingerprint density at radius 1 is 1.20 bits per heavy atom. The summed E-state index contributed by atoms with van der Waals surface area (Å²) in [6.07, 6.45) is 0. The number of hydrogen-bond acceptors (Lipinski definition) is 3. The molecule has 114 valence electrons. The summed E-state index contributed by atoms with van der Waals surface area (Å²) in [6, 6.07) is 7.48. The number of nitrogens with zero attached hydrogens (tertiary/aromatic N) is 1. The van der Waals surface area contributed by atoms with E-state index in [9.17, 15) is 8.42 Å². The van der Waals surface area contributed by atoms with E-state index in [1.807, 2.05) is 24.3 Å². The largest absolute Gasteiger partial charge is 0.296 e. The van der Waals surface area contributed by atoms with Gasteiger partial charge in [-0.05, 0) is 30.8 Å². The maximum absolute atomic E-state index is 11.5. The molecule has 1 atom stereocenters. The molecule has 0 aromatic heterocycles. The highest BCUT2D eigenvalue weighted by molar-refractivity contribution is 7.87. The molecule has 0 saturated carbocycles. The van der Waals surface area contributed by atoms with Crippen molar-refractivity contribution in [2.45, 2.75) is 19.9 Å². The minimum absolute atomic E-state index is 0.0228. The minimum atomic E-state index is -3.43. The quantitative estimate of drug-likeness (QED) is 0.768. The topological polar surface area (TPSA) is 61.4 Å². The zero-order chi connectivity index (χ0) is 15.2. The van der Waals surface area contributed by atoms with Crippen LogP contribution < -0.4 is 9.44 Å². The van der Waals surface area contributed by atoms with Crippen molar-refractivity contribution in [3.05, 3.63) is 34.9 Å². The van der Waals surface area contributed by atoms with Crippen molar-refractivity contribution < 1.29 is 8.42 Å². The lowest BCUT2D eigenvalue weighted by Crippen LogP contribution is -2.41. The summed E-state index contributed by atoms with van der Waals surface area (Å²) in [5.41, 5.74) is 1.04. The van der Waals surface area contributed by atoms with Gasteiger partial charge in [-0.3, -0.25) is 4.90 Å². The Kier molecular flexibility index (Phi) is 6.91. The van der Waals surface area contributed by atoms with E-state index in [1.165, 1.54) is 7.05 Å². The highest BCUT2D eigenvalue weighted by atomic mass is 35.5. The Hall–Kier alpha value is -0.660. The fourth-order valence-electron chi connectivity index (χ4n) is 2.07. The molecule has 0 aliphatic heterocycles. The van der Waals surface area contributed by atoms with E-state index in [0.717, 1.165) is 18.7 Å². The minimum Gasteiger partial charge on any atom is -0.296 e. The van der Waals surface area contributed by atoms with E-state index in [1.54, 1.807) is 0 Å². The second-order valence-corrected chi connectivity index (χ2v) is 6.48. The van der Waals surface area contributed by atoms with Crippen molar-refractivity contribution in [3.8, 4) is 0 Å². The molecular weight excluding hydrogens is 298 g/mol. The molecule has 1 unspecified atom stereocenters. The predicted molar refractivity (Wildman–Crippen MR) is 83.1 cm³/mol. The predicted octanol–water partition coefficient (Wildman–Crippen LogP) is 1.78. The van der Waals surface area contributed by atoms with Gasteiger partial charge >= 0.3 is 0 Å². The van der Waals surface area contributed by atoms with E-state index in [0.29, 0.717) is 11.6 Å². The van der Waals surface area contributed by atoms with Gasteiger partial charge in [0.25, 0.3) is 10.2 Å². The third-order valence-corrected chi connectivity index (χ3v) is 4.58. The Bertz CT molecular complexity index is 501. The number of hydrogen-bond donors (Lipinski definition) is 2. The maximum atomic E-state index is 11.5. The van der Waals surface area contributed by atoms with Crippen LogP contribution in [0.25, 0.3) is 0 Å². The summed E-state index contributed by atoms with van der Waals surface area (Å²) < 4.78 is 27.9. The van der Waals surface area contributed by atoms with Gasteiger partial charge < -0.3 is 0 Å². The van der Waals surface area contributed by atoms with Crippen LogP contribution >= 0.6 is 11.6 Å². The normalized spacial score (nSPS) is 13.7. The molecule has 0 heterocycles. The molecule has 0 saturated heterocycles. The van der Waals surface area contributed by atoms with Gasteiger partial charge in [-0.2, -0.15) is 8.42 Å². The average molecular weight is 320 g/mol. The van der Waals surface area contributed by atoms with Gasteiger partial charge in [0.1, 0.15) is 0 Å². The van der Waals surface area contributed by atoms with Crippen molar-refractivity contribution in [1.29, 1.82) is 0 Å². The summed E-state index contributed by atoms with van der Waals surface area (Å²) in [4.78, 5) is 2.20. The standard InChI is InChI=1S/C13H22ClN3O2S/c1-4-17(5-2)13(10-16-20(18,19)15-3)11-6-8-12(14)9-7-11/h6-9,13,15-16H,4-5,10H2,1-3H3. The molecule has 5 nitrogen and oxygen atoms in total. The highest BCUT2D eigenvalue weighted by Gasteiger charge is 2.20. The zero-order valence-corrected chi connectivity index (χ0v) is 13.6. The summed E-state index contributed by atoms with van der Waals surface area (Å²) in [5.74, 6) is 0. The van der Waals surface area contributed by atoms with Crippen LogP contribution in [0, 0.1) is 0 Å². The van der Waals surface area contributed by atoms with Crippen LogP contribution in [0.15, 0.2) is 24.3 Å². The Labute approximate surface area is 126 Å². The van der Waals surface area contributed by atoms with Crippen LogP contribution in [-0.2, 0) is 10.2 Å². The molecule has 0 aliphatic carbocycles. The maximum Gasteiger partial charge on any atom is 0.276 e. The van der Waals surface area contributed by atoms with Gasteiger partial charge in [-0.25, -0.2) is 9.44 Å². The Morgan fingerprint density at radius 3 is 2.20 bits per heavy atom. The van der Waals surface area contributed by atoms with Gasteiger partial charge in [-0.15, -0.1) is 0 Å². The van der Waals surface area contributed by atoms with Crippen LogP contribution in [0.4, 0.5) is 0 Å². The second-order valence-electron chi connectivity index (χ2n) is 4.34. The third-order valence-electron chi connectivity index (χ3n) is 3.24. The van der Waals surface area contributed by atoms with Crippen molar-refractivity contribution in [3.63, 3.8) is 0 Å². The lowest BCUT2D eigenvalue weighted by atomic mass is 10.1. The molecule has 0 bridgehead atoms. The number of halogens is 1. The van der Waals surface area contributed by atoms with Crippen LogP contribution in [0.1, 0.15) is 25.5 Å². The molecule has 0 fully saturated rings. The highest BCUT2D eigenvalue weighted by Crippen LogP contribution is 2.21. The van der Waals surface area contributed by atoms with Gasteiger partial charge in [0.2, 0.25) is 0 Å². The zero-order valence-electron chi connectivity index (χ0n) is 12.1. The average Bonchev–Trinajstić information content (AvgIpc) is 2.44. The molecule has 2 N–H and O–H groups in total. The van der Waals surface area contributed by atoms with Crippen molar-refractivity contribution >= 4 is 21.8 Å². The van der Waals surface area contributed by atoms with Crippen LogP contribution in [0.5, 0.6) is 0 Å². The summed E-state index contributed by atoms with van der Waals surface area (Å²) in [6.45, 7) is 6.10. The van der Waals surface area contributed by atoms with E-state index < -0.39 is 10.2 Å². The van der Waals surface area contributed by atoms with Gasteiger partial charge in [-0.1, -0.05) is 37.6 Å². The third kappa shape index (κ3) is 5.03. The monoisotopic (exact) mass is 319 g/mol. The second kappa shape index (κ2) is 7.95. The van der Waals surface area contributed by atoms with E-state index in [-0.39, 0.29) is 6.04 Å². The van der Waals surface area contributed by atoms with E-state index in [4.69, 9.17) is 11.6 Å². The first kappa shape index (κ1) is 17.4. The van der Waals surface area contributed by atoms with Crippen LogP contribution in [0.2, 0.25) is 5.02 Å². The Balaban J connectivity index is 2.93. The first-order valence-corrected chi connectivity index (χ1v) is 8.47. The molecule has 0 amide bonds. The summed E-state index contributed by atoms with van der Waals surface area (Å²) in [7, 11) is -2.05. The van der Waals surface area contributed by atoms with Gasteiger partial charge in [0.05, 0.1) is 0 Å². The first-order valence-electron chi connectivity index (χ1n) is 6.61. The van der Waals surface area contributed by atoms with E-state index in [2.05, 4.69) is 28.2 Å². The summed E-state index contributed by atoms with van der Waals surface area (Å²) >= 11 is 5.90. The van der Waals surface area contributed by atoms with Crippen molar-refractivity contribution in [2.75, 3.05) is 26.7 Å². The molecule has 0 spiro atoms. The lowest BCUT2D eigenvalue weighted by Gasteiger charge is -2.30. The smallest absolute Gasteiger partial charge is 0.276 e. The molecule has 20 heavy (non-hydrogen) atoms. The molecule has 0 radical (unpaired) electrons. The molecule has 0 aliphatic rings. The first-order chi connectivity index (χ1) is 9.43. The molecular formula is C13H22ClN3O2S. The fourth-order valence-corrected chi connectivity index (χ4v) is 2.72. The molecule has 1 aromatic rings. The molecule has 1 rings (SSSR count). The molecule has 7 heteroatoms. The fraction of sp³-hybridized carbons (Fsp3) is 0.538. The van der Waals surface area contributed by atoms with Gasteiger partial charge in [0.15, 0.2) is 0 Å². The Morgan fingerprint density at radius 2 is 1.75 bits per heavy atom. The van der Waals surface area contributed by atoms with Gasteiger partial charge in [0, 0.05) is 24.7 Å². The van der Waals surface area contributed by atoms with Crippen LogP contribution in [0.3, 0.4) is 0 Å². The SMILES string of the molecule is CCN(CC)C(CNS(=O)(=O)NC)c1ccc(Cl)cc1. The summed E-state index contributed by atoms with van der Waals surface area (Å²) in [5, 5.41) is 0.669.